The average molecular weight is 1530 g/mol. The molecule has 0 saturated heterocycles. The topological polar surface area (TPSA) is 80.0 Å². The lowest BCUT2D eigenvalue weighted by Gasteiger charge is -2.13. The lowest BCUT2D eigenvalue weighted by atomic mass is 9.99. The maximum absolute atomic E-state index is 6.36. The lowest BCUT2D eigenvalue weighted by molar-refractivity contribution is 0.668. The van der Waals surface area contributed by atoms with Crippen molar-refractivity contribution >= 4 is 131 Å². The summed E-state index contributed by atoms with van der Waals surface area (Å²) in [6.45, 7) is 0. The van der Waals surface area contributed by atoms with Gasteiger partial charge in [-0.15, -0.1) is 0 Å². The van der Waals surface area contributed by atoms with E-state index in [0.717, 1.165) is 211 Å². The van der Waals surface area contributed by atoms with E-state index in [-0.39, 0.29) is 0 Å². The smallest absolute Gasteiger partial charge is 0.160 e. The van der Waals surface area contributed by atoms with Crippen molar-refractivity contribution in [3.8, 4) is 118 Å². The number of furan rings is 3. The standard InChI is InChI=1S/C112H67N5O3/c1-7-19-100-86(13-1)89-55-43-77(80-46-58-95-92-16-4-10-22-106(92)118-109(95)64-80)61-103(89)115(100)83-49-37-71(38-50-83)68-25-31-74(32-26-68)98-67-99(75-33-27-69(28-34-75)72-39-51-84(52-40-72)116-101-20-8-2-14-87(101)90-56-44-78(62-104(90)116)81-47-59-96-93-17-5-11-23-107(93)119-110(96)65-81)114-112(113-98)76-35-29-70(30-36-76)73-41-53-85(54-42-73)117-102-21-9-3-15-88(102)91-57-45-79(63-105(91)117)82-48-60-97-94-18-6-12-24-108(94)120-111(97)66-82/h1-67H. The molecule has 0 spiro atoms. The molecule has 0 N–H and O–H groups in total. The molecule has 0 aliphatic heterocycles. The molecule has 8 nitrogen and oxygen atoms in total. The maximum atomic E-state index is 6.36. The molecule has 0 bridgehead atoms. The summed E-state index contributed by atoms with van der Waals surface area (Å²) in [6.07, 6.45) is 0. The van der Waals surface area contributed by atoms with E-state index in [9.17, 15) is 0 Å². The fourth-order valence-electron chi connectivity index (χ4n) is 18.8. The lowest BCUT2D eigenvalue weighted by Crippen LogP contribution is -1.96. The molecule has 0 saturated carbocycles. The van der Waals surface area contributed by atoms with Crippen LogP contribution >= 0.6 is 0 Å². The molecule has 7 aromatic heterocycles. The molecule has 25 aromatic rings. The predicted molar refractivity (Wildman–Crippen MR) is 496 cm³/mol. The van der Waals surface area contributed by atoms with Crippen LogP contribution in [0.4, 0.5) is 0 Å². The van der Waals surface area contributed by atoms with Crippen LogP contribution in [-0.4, -0.2) is 23.7 Å². The fourth-order valence-corrected chi connectivity index (χ4v) is 18.8. The minimum absolute atomic E-state index is 0.640. The molecule has 120 heavy (non-hydrogen) atoms. The van der Waals surface area contributed by atoms with E-state index < -0.39 is 0 Å². The second-order valence-corrected chi connectivity index (χ2v) is 31.5. The van der Waals surface area contributed by atoms with Gasteiger partial charge in [-0.25, -0.2) is 9.97 Å². The Morgan fingerprint density at radius 3 is 0.675 bits per heavy atom. The summed E-state index contributed by atoms with van der Waals surface area (Å²) in [4.78, 5) is 10.8. The minimum Gasteiger partial charge on any atom is -0.456 e. The third-order valence-electron chi connectivity index (χ3n) is 24.8. The highest BCUT2D eigenvalue weighted by Gasteiger charge is 2.22. The number of hydrogen-bond donors (Lipinski definition) is 0. The van der Waals surface area contributed by atoms with Crippen LogP contribution in [0, 0.1) is 0 Å². The Kier molecular flexibility index (Phi) is 15.0. The van der Waals surface area contributed by atoms with Crippen molar-refractivity contribution < 1.29 is 13.3 Å². The maximum Gasteiger partial charge on any atom is 0.160 e. The third kappa shape index (κ3) is 10.9. The van der Waals surface area contributed by atoms with Crippen LogP contribution in [0.1, 0.15) is 0 Å². The molecule has 0 atom stereocenters. The quantitative estimate of drug-likeness (QED) is 0.122. The minimum atomic E-state index is 0.640. The van der Waals surface area contributed by atoms with E-state index in [4.69, 9.17) is 23.2 Å². The molecule has 7 heterocycles. The first-order chi connectivity index (χ1) is 59.4. The van der Waals surface area contributed by atoms with Gasteiger partial charge >= 0.3 is 0 Å². The normalized spacial score (nSPS) is 12.0. The monoisotopic (exact) mass is 1530 g/mol. The number of rotatable bonds is 12. The van der Waals surface area contributed by atoms with Crippen LogP contribution in [0.3, 0.4) is 0 Å². The van der Waals surface area contributed by atoms with Gasteiger partial charge in [0, 0.05) is 98.4 Å². The Bertz CT molecular complexity index is 7680. The van der Waals surface area contributed by atoms with Crippen LogP contribution in [-0.2, 0) is 0 Å². The predicted octanol–water partition coefficient (Wildman–Crippen LogP) is 30.5. The molecule has 18 aromatic carbocycles. The zero-order valence-electron chi connectivity index (χ0n) is 64.6. The van der Waals surface area contributed by atoms with Crippen molar-refractivity contribution in [1.29, 1.82) is 0 Å². The summed E-state index contributed by atoms with van der Waals surface area (Å²) < 4.78 is 26.3. The summed E-state index contributed by atoms with van der Waals surface area (Å²) in [5.74, 6) is 0.640. The Balaban J connectivity index is 0.536. The van der Waals surface area contributed by atoms with Crippen LogP contribution in [0.15, 0.2) is 420 Å². The Morgan fingerprint density at radius 2 is 0.367 bits per heavy atom. The Labute approximate surface area is 687 Å². The third-order valence-corrected chi connectivity index (χ3v) is 24.8. The van der Waals surface area contributed by atoms with E-state index >= 15 is 0 Å². The fraction of sp³-hybridized carbons (Fsp3) is 0. The zero-order valence-corrected chi connectivity index (χ0v) is 64.6. The second-order valence-electron chi connectivity index (χ2n) is 31.5. The highest BCUT2D eigenvalue weighted by molar-refractivity contribution is 6.15. The first-order valence-corrected chi connectivity index (χ1v) is 40.8. The molecule has 0 unspecified atom stereocenters. The number of nitrogens with zero attached hydrogens (tertiary/aromatic N) is 5. The Hall–Kier alpha value is -16.2. The number of benzene rings is 18. The molecule has 0 radical (unpaired) electrons. The number of para-hydroxylation sites is 6. The molecular weight excluding hydrogens is 1460 g/mol. The summed E-state index contributed by atoms with van der Waals surface area (Å²) in [5.41, 5.74) is 33.4. The van der Waals surface area contributed by atoms with E-state index in [1.807, 2.05) is 36.4 Å². The van der Waals surface area contributed by atoms with Gasteiger partial charge in [0.05, 0.1) is 44.5 Å². The molecule has 0 aliphatic rings. The number of aromatic nitrogens is 5. The number of hydrogen-bond acceptors (Lipinski definition) is 5. The van der Waals surface area contributed by atoms with Crippen LogP contribution in [0.2, 0.25) is 0 Å². The highest BCUT2D eigenvalue weighted by Crippen LogP contribution is 2.44. The van der Waals surface area contributed by atoms with Crippen molar-refractivity contribution in [3.63, 3.8) is 0 Å². The number of fused-ring (bicyclic) bond motifs is 18. The van der Waals surface area contributed by atoms with Gasteiger partial charge in [-0.2, -0.15) is 0 Å². The molecule has 0 fully saturated rings. The zero-order chi connectivity index (χ0) is 78.6. The molecule has 558 valence electrons. The van der Waals surface area contributed by atoms with Gasteiger partial charge in [0.2, 0.25) is 0 Å². The van der Waals surface area contributed by atoms with Gasteiger partial charge in [0.15, 0.2) is 5.82 Å². The molecule has 25 rings (SSSR count). The van der Waals surface area contributed by atoms with Crippen molar-refractivity contribution in [3.05, 3.63) is 406 Å². The van der Waals surface area contributed by atoms with Gasteiger partial charge in [0.1, 0.15) is 33.5 Å². The molecule has 0 amide bonds. The van der Waals surface area contributed by atoms with Gasteiger partial charge in [0.25, 0.3) is 0 Å². The summed E-state index contributed by atoms with van der Waals surface area (Å²) in [6, 6.07) is 146. The van der Waals surface area contributed by atoms with Gasteiger partial charge < -0.3 is 27.0 Å². The van der Waals surface area contributed by atoms with Crippen LogP contribution in [0.5, 0.6) is 0 Å². The molecule has 8 heteroatoms. The summed E-state index contributed by atoms with van der Waals surface area (Å²) in [5, 5.41) is 14.0. The van der Waals surface area contributed by atoms with Gasteiger partial charge in [-0.3, -0.25) is 0 Å². The van der Waals surface area contributed by atoms with Gasteiger partial charge in [-0.05, 0) is 200 Å². The van der Waals surface area contributed by atoms with E-state index in [1.54, 1.807) is 0 Å². The first-order valence-electron chi connectivity index (χ1n) is 40.8. The van der Waals surface area contributed by atoms with Crippen molar-refractivity contribution in [2.24, 2.45) is 0 Å². The van der Waals surface area contributed by atoms with E-state index in [0.29, 0.717) is 5.82 Å². The summed E-state index contributed by atoms with van der Waals surface area (Å²) in [7, 11) is 0. The molecule has 0 aliphatic carbocycles. The van der Waals surface area contributed by atoms with E-state index in [2.05, 4.69) is 384 Å². The van der Waals surface area contributed by atoms with Crippen molar-refractivity contribution in [2.45, 2.75) is 0 Å². The average Bonchev–Trinajstić information content (AvgIpc) is 1.58. The largest absolute Gasteiger partial charge is 0.456 e. The second kappa shape index (κ2) is 26.7. The van der Waals surface area contributed by atoms with E-state index in [1.165, 1.54) is 32.3 Å². The highest BCUT2D eigenvalue weighted by atomic mass is 16.3. The van der Waals surface area contributed by atoms with Crippen molar-refractivity contribution in [2.75, 3.05) is 0 Å². The summed E-state index contributed by atoms with van der Waals surface area (Å²) >= 11 is 0. The first kappa shape index (κ1) is 67.2. The molecular formula is C112H67N5O3. The SMILES string of the molecule is c1ccc2c(c1)oc1cc(-c3ccc4c5ccccc5n(-c5ccc(-c6ccc(-c7cc(-c8ccc(-c9ccc(-n%10c%11ccccc%11c%11ccc(-c%12ccc%13c(c%12)oc%12ccccc%12%13)cc%11%10)cc9)cc8)nc(-c8ccc(-c9ccc(-n%10c%11ccccc%11c%11ccc(-c%12ccc%13c(c%12)oc%12ccccc%12%13)cc%11%10)cc9)cc8)n7)cc6)cc5)c4c3)ccc12. The van der Waals surface area contributed by atoms with Gasteiger partial charge in [-0.1, -0.05) is 273 Å². The van der Waals surface area contributed by atoms with Crippen molar-refractivity contribution in [1.82, 2.24) is 23.7 Å². The van der Waals surface area contributed by atoms with Crippen LogP contribution < -0.4 is 0 Å². The van der Waals surface area contributed by atoms with Crippen LogP contribution in [0.25, 0.3) is 249 Å². The Morgan fingerprint density at radius 1 is 0.150 bits per heavy atom.